The molecule has 1 amide bonds. The summed E-state index contributed by atoms with van der Waals surface area (Å²) in [7, 11) is 1.57. The molecule has 9 heteroatoms. The Kier molecular flexibility index (Phi) is 54.1. The predicted molar refractivity (Wildman–Crippen MR) is 323 cm³/mol. The Morgan fingerprint density at radius 1 is 0.473 bits per heavy atom. The molecule has 3 unspecified atom stereocenters. The number of hydrogen-bond donors (Lipinski definition) is 3. The van der Waals surface area contributed by atoms with Gasteiger partial charge >= 0.3 is 7.82 Å². The Bertz CT molecular complexity index is 1430. The number of amides is 1. The number of aliphatic hydroxyl groups excluding tert-OH is 1. The van der Waals surface area contributed by atoms with Crippen molar-refractivity contribution in [3.8, 4) is 0 Å². The summed E-state index contributed by atoms with van der Waals surface area (Å²) >= 11 is 0. The molecule has 0 aromatic heterocycles. The van der Waals surface area contributed by atoms with Gasteiger partial charge in [0.25, 0.3) is 0 Å². The summed E-state index contributed by atoms with van der Waals surface area (Å²) in [5, 5.41) is 14.0. The first-order chi connectivity index (χ1) is 36.0. The Morgan fingerprint density at radius 2 is 0.811 bits per heavy atom. The number of aliphatic hydroxyl groups is 1. The van der Waals surface area contributed by atoms with Gasteiger partial charge in [-0.1, -0.05) is 286 Å². The van der Waals surface area contributed by atoms with Crippen LogP contribution in [0.1, 0.15) is 284 Å². The minimum Gasteiger partial charge on any atom is -0.387 e. The molecule has 0 saturated heterocycles. The van der Waals surface area contributed by atoms with Crippen molar-refractivity contribution >= 4 is 13.7 Å². The van der Waals surface area contributed by atoms with Crippen LogP contribution in [0.15, 0.2) is 72.9 Å². The van der Waals surface area contributed by atoms with Gasteiger partial charge in [-0.25, -0.2) is 4.57 Å². The van der Waals surface area contributed by atoms with Crippen LogP contribution in [0.2, 0.25) is 0 Å². The summed E-state index contributed by atoms with van der Waals surface area (Å²) in [5.41, 5.74) is 0. The van der Waals surface area contributed by atoms with Crippen molar-refractivity contribution in [3.63, 3.8) is 0 Å². The second-order valence-electron chi connectivity index (χ2n) is 22.4. The lowest BCUT2D eigenvalue weighted by molar-refractivity contribution is -0.870. The number of nitrogens with zero attached hydrogens (tertiary/aromatic N) is 1. The molecule has 432 valence electrons. The maximum absolute atomic E-state index is 13.0. The lowest BCUT2D eigenvalue weighted by Crippen LogP contribution is -2.45. The average Bonchev–Trinajstić information content (AvgIpc) is 3.36. The third-order valence-electron chi connectivity index (χ3n) is 13.9. The summed E-state index contributed by atoms with van der Waals surface area (Å²) < 4.78 is 23.8. The molecule has 0 bridgehead atoms. The number of unbranched alkanes of at least 4 members (excludes halogenated alkanes) is 34. The van der Waals surface area contributed by atoms with Gasteiger partial charge in [-0.3, -0.25) is 13.8 Å². The Balaban J connectivity index is 4.18. The molecule has 0 rings (SSSR count). The molecule has 0 saturated carbocycles. The molecule has 0 heterocycles. The van der Waals surface area contributed by atoms with E-state index >= 15 is 0 Å². The number of carbonyl (C=O) groups is 1. The number of hydrogen-bond acceptors (Lipinski definition) is 5. The molecule has 3 atom stereocenters. The zero-order valence-corrected chi connectivity index (χ0v) is 50.2. The van der Waals surface area contributed by atoms with Crippen LogP contribution in [0.3, 0.4) is 0 Å². The van der Waals surface area contributed by atoms with E-state index in [1.54, 1.807) is 6.08 Å². The molecule has 0 aliphatic carbocycles. The van der Waals surface area contributed by atoms with Crippen molar-refractivity contribution in [3.05, 3.63) is 72.9 Å². The summed E-state index contributed by atoms with van der Waals surface area (Å²) in [6.45, 7) is 4.72. The van der Waals surface area contributed by atoms with Crippen molar-refractivity contribution in [1.29, 1.82) is 0 Å². The minimum atomic E-state index is -4.36. The highest BCUT2D eigenvalue weighted by Gasteiger charge is 2.27. The molecule has 74 heavy (non-hydrogen) atoms. The number of likely N-dealkylation sites (N-methyl/N-ethyl adjacent to an activating group) is 1. The van der Waals surface area contributed by atoms with Crippen LogP contribution in [-0.2, 0) is 18.4 Å². The molecule has 3 N–H and O–H groups in total. The van der Waals surface area contributed by atoms with Crippen molar-refractivity contribution in [2.24, 2.45) is 0 Å². The molecule has 0 aromatic rings. The molecule has 0 aliphatic rings. The second-order valence-corrected chi connectivity index (χ2v) is 23.9. The van der Waals surface area contributed by atoms with Crippen molar-refractivity contribution in [2.45, 2.75) is 296 Å². The van der Waals surface area contributed by atoms with Gasteiger partial charge in [0.15, 0.2) is 0 Å². The van der Waals surface area contributed by atoms with E-state index in [9.17, 15) is 19.4 Å². The first kappa shape index (κ1) is 71.9. The largest absolute Gasteiger partial charge is 0.472 e. The fraction of sp³-hybridized carbons (Fsp3) is 0.800. The van der Waals surface area contributed by atoms with E-state index in [1.165, 1.54) is 186 Å². The standard InChI is InChI=1S/C65H121N2O6P/c1-6-8-10-12-14-16-18-20-22-24-26-28-30-32-33-35-36-38-40-42-44-46-48-50-52-54-56-58-64(68)63(62-73-74(70,71)72-61-60-67(3,4)5)66-65(69)59-57-55-53-51-49-47-45-43-41-39-37-34-31-29-27-25-23-21-19-17-15-13-11-9-7-2/h9,11,15,17,21,23,27,29,34,37,56,58,63-64,68H,6-8,10,12-14,16,18-20,22,24-26,28,30-33,35-36,38-55,57,59-62H2,1-5H3,(H-,66,69,70,71)/p+1/b11-9-,17-15-,23-21-,29-27-,37-34-,58-56+. The van der Waals surface area contributed by atoms with Gasteiger partial charge in [-0.15, -0.1) is 0 Å². The van der Waals surface area contributed by atoms with Gasteiger partial charge in [0, 0.05) is 6.42 Å². The van der Waals surface area contributed by atoms with E-state index < -0.39 is 20.0 Å². The van der Waals surface area contributed by atoms with Crippen LogP contribution in [-0.4, -0.2) is 73.4 Å². The summed E-state index contributed by atoms with van der Waals surface area (Å²) in [6, 6.07) is -0.855. The van der Waals surface area contributed by atoms with Crippen molar-refractivity contribution in [2.75, 3.05) is 40.9 Å². The molecular formula is C65H122N2O6P+. The van der Waals surface area contributed by atoms with Crippen molar-refractivity contribution < 1.29 is 32.9 Å². The van der Waals surface area contributed by atoms with Gasteiger partial charge in [0.2, 0.25) is 5.91 Å². The molecule has 0 aromatic carbocycles. The number of allylic oxidation sites excluding steroid dienone is 11. The van der Waals surface area contributed by atoms with Gasteiger partial charge in [0.1, 0.15) is 13.2 Å². The maximum Gasteiger partial charge on any atom is 0.472 e. The summed E-state index contributed by atoms with van der Waals surface area (Å²) in [6.07, 6.45) is 77.3. The van der Waals surface area contributed by atoms with Crippen LogP contribution in [0.4, 0.5) is 0 Å². The first-order valence-electron chi connectivity index (χ1n) is 31.3. The first-order valence-corrected chi connectivity index (χ1v) is 32.8. The van der Waals surface area contributed by atoms with Crippen LogP contribution >= 0.6 is 7.82 Å². The van der Waals surface area contributed by atoms with Crippen LogP contribution in [0, 0.1) is 0 Å². The second kappa shape index (κ2) is 55.7. The highest BCUT2D eigenvalue weighted by molar-refractivity contribution is 7.47. The van der Waals surface area contributed by atoms with Crippen molar-refractivity contribution in [1.82, 2.24) is 5.32 Å². The SMILES string of the molecule is CC/C=C\C/C=C\C/C=C\C/C=C\C/C=C\CCCCCCCCCCCC(=O)NC(COP(=O)(O)OCC[N+](C)(C)C)C(O)/C=C/CCCCCCCCCCCCCCCCCCCCCCCCCCC. The lowest BCUT2D eigenvalue weighted by Gasteiger charge is -2.25. The van der Waals surface area contributed by atoms with E-state index in [0.29, 0.717) is 17.4 Å². The van der Waals surface area contributed by atoms with Gasteiger partial charge in [-0.2, -0.15) is 0 Å². The van der Waals surface area contributed by atoms with Crippen LogP contribution in [0.25, 0.3) is 0 Å². The van der Waals surface area contributed by atoms with E-state index in [0.717, 1.165) is 77.0 Å². The normalized spacial score (nSPS) is 14.3. The highest BCUT2D eigenvalue weighted by atomic mass is 31.2. The number of nitrogens with one attached hydrogen (secondary N) is 1. The molecule has 8 nitrogen and oxygen atoms in total. The molecule has 0 aliphatic heterocycles. The smallest absolute Gasteiger partial charge is 0.387 e. The lowest BCUT2D eigenvalue weighted by atomic mass is 10.0. The zero-order valence-electron chi connectivity index (χ0n) is 49.3. The monoisotopic (exact) mass is 1060 g/mol. The van der Waals surface area contributed by atoms with Crippen LogP contribution < -0.4 is 5.32 Å². The van der Waals surface area contributed by atoms with E-state index in [-0.39, 0.29) is 19.1 Å². The summed E-state index contributed by atoms with van der Waals surface area (Å²) in [4.78, 5) is 23.4. The average molecular weight is 1060 g/mol. The van der Waals surface area contributed by atoms with E-state index in [4.69, 9.17) is 9.05 Å². The summed E-state index contributed by atoms with van der Waals surface area (Å²) in [5.74, 6) is -0.183. The number of phosphoric acid groups is 1. The van der Waals surface area contributed by atoms with E-state index in [2.05, 4.69) is 79.9 Å². The number of quaternary nitrogens is 1. The Labute approximate surface area is 459 Å². The number of carbonyl (C=O) groups excluding carboxylic acids is 1. The fourth-order valence-electron chi connectivity index (χ4n) is 9.07. The topological polar surface area (TPSA) is 105 Å². The molecule has 0 spiro atoms. The Hall–Kier alpha value is -2.06. The third kappa shape index (κ3) is 57.6. The van der Waals surface area contributed by atoms with Gasteiger partial charge < -0.3 is 19.8 Å². The Morgan fingerprint density at radius 3 is 1.19 bits per heavy atom. The minimum absolute atomic E-state index is 0.0577. The van der Waals surface area contributed by atoms with Gasteiger partial charge in [-0.05, 0) is 64.2 Å². The maximum atomic E-state index is 13.0. The third-order valence-corrected chi connectivity index (χ3v) is 14.9. The fourth-order valence-corrected chi connectivity index (χ4v) is 9.81. The van der Waals surface area contributed by atoms with E-state index in [1.807, 2.05) is 27.2 Å². The molecule has 0 fully saturated rings. The highest BCUT2D eigenvalue weighted by Crippen LogP contribution is 2.43. The van der Waals surface area contributed by atoms with Crippen LogP contribution in [0.5, 0.6) is 0 Å². The predicted octanol–water partition coefficient (Wildman–Crippen LogP) is 19.4. The van der Waals surface area contributed by atoms with Gasteiger partial charge in [0.05, 0.1) is 39.9 Å². The molecular weight excluding hydrogens is 936 g/mol. The molecule has 0 radical (unpaired) electrons. The quantitative estimate of drug-likeness (QED) is 0.0243. The number of phosphoric ester groups is 1. The zero-order chi connectivity index (χ0) is 54.2. The number of rotatable bonds is 57.